The first-order valence-corrected chi connectivity index (χ1v) is 7.71. The predicted molar refractivity (Wildman–Crippen MR) is 72.2 cm³/mol. The molecule has 1 atom stereocenters. The molecular weight excluding hydrogens is 280 g/mol. The fraction of sp³-hybridized carbons (Fsp3) is 0.545. The van der Waals surface area contributed by atoms with Crippen molar-refractivity contribution >= 4 is 10.0 Å². The van der Waals surface area contributed by atoms with Crippen LogP contribution >= 0.6 is 0 Å². The monoisotopic (exact) mass is 298 g/mol. The molecule has 1 N–H and O–H groups in total. The third-order valence-electron chi connectivity index (χ3n) is 2.89. The lowest BCUT2D eigenvalue weighted by atomic mass is 10.1. The van der Waals surface area contributed by atoms with Crippen molar-refractivity contribution in [3.63, 3.8) is 0 Å². The van der Waals surface area contributed by atoms with E-state index in [9.17, 15) is 8.42 Å². The van der Waals surface area contributed by atoms with Gasteiger partial charge >= 0.3 is 0 Å². The zero-order chi connectivity index (χ0) is 14.8. The molecule has 8 nitrogen and oxygen atoms in total. The first-order chi connectivity index (χ1) is 9.38. The van der Waals surface area contributed by atoms with Gasteiger partial charge in [0.25, 0.3) is 10.0 Å². The van der Waals surface area contributed by atoms with Gasteiger partial charge in [0.1, 0.15) is 0 Å². The first kappa shape index (κ1) is 14.7. The lowest BCUT2D eigenvalue weighted by Gasteiger charge is -2.20. The van der Waals surface area contributed by atoms with Gasteiger partial charge in [-0.2, -0.15) is 15.0 Å². The van der Waals surface area contributed by atoms with Crippen LogP contribution in [-0.4, -0.2) is 39.0 Å². The number of nitrogens with one attached hydrogen (secondary N) is 1. The van der Waals surface area contributed by atoms with E-state index in [2.05, 4.69) is 19.9 Å². The van der Waals surface area contributed by atoms with Crippen LogP contribution < -0.4 is 4.72 Å². The molecule has 2 rings (SSSR count). The molecule has 9 heteroatoms. The van der Waals surface area contributed by atoms with Crippen LogP contribution in [0.4, 0.5) is 0 Å². The molecule has 2 aromatic rings. The average Bonchev–Trinajstić information content (AvgIpc) is 2.99. The fourth-order valence-corrected chi connectivity index (χ4v) is 3.04. The Kier molecular flexibility index (Phi) is 4.19. The van der Waals surface area contributed by atoms with Crippen molar-refractivity contribution in [3.05, 3.63) is 24.9 Å². The third kappa shape index (κ3) is 3.42. The first-order valence-electron chi connectivity index (χ1n) is 6.23. The lowest BCUT2D eigenvalue weighted by molar-refractivity contribution is 0.361. The van der Waals surface area contributed by atoms with Gasteiger partial charge in [-0.3, -0.25) is 0 Å². The smallest absolute Gasteiger partial charge is 0.259 e. The number of nitrogens with zero attached hydrogens (tertiary/aromatic N) is 5. The molecule has 2 heterocycles. The quantitative estimate of drug-likeness (QED) is 0.811. The van der Waals surface area contributed by atoms with E-state index in [4.69, 9.17) is 0 Å². The Balaban J connectivity index is 2.15. The summed E-state index contributed by atoms with van der Waals surface area (Å²) in [5.41, 5.74) is 0. The van der Waals surface area contributed by atoms with Gasteiger partial charge in [0.05, 0.1) is 25.3 Å². The number of hydrogen-bond donors (Lipinski definition) is 1. The van der Waals surface area contributed by atoms with Gasteiger partial charge < -0.3 is 4.57 Å². The van der Waals surface area contributed by atoms with E-state index in [1.54, 1.807) is 24.0 Å². The van der Waals surface area contributed by atoms with E-state index in [-0.39, 0.29) is 17.0 Å². The van der Waals surface area contributed by atoms with Gasteiger partial charge in [-0.25, -0.2) is 18.1 Å². The van der Waals surface area contributed by atoms with E-state index in [1.807, 2.05) is 13.8 Å². The molecular formula is C11H18N6O2S. The summed E-state index contributed by atoms with van der Waals surface area (Å²) in [5, 5.41) is 8.01. The molecule has 20 heavy (non-hydrogen) atoms. The van der Waals surface area contributed by atoms with Crippen LogP contribution in [-0.2, 0) is 23.6 Å². The van der Waals surface area contributed by atoms with E-state index in [1.165, 1.54) is 17.3 Å². The minimum atomic E-state index is -3.64. The van der Waals surface area contributed by atoms with Crippen molar-refractivity contribution in [2.24, 2.45) is 13.0 Å². The van der Waals surface area contributed by atoms with Crippen LogP contribution in [0, 0.1) is 5.92 Å². The van der Waals surface area contributed by atoms with Crippen LogP contribution in [0.15, 0.2) is 29.9 Å². The minimum Gasteiger partial charge on any atom is -0.339 e. The molecule has 0 amide bonds. The molecule has 0 saturated carbocycles. The van der Waals surface area contributed by atoms with E-state index >= 15 is 0 Å². The Labute approximate surface area is 117 Å². The molecule has 0 aliphatic carbocycles. The van der Waals surface area contributed by atoms with E-state index in [0.29, 0.717) is 6.54 Å². The van der Waals surface area contributed by atoms with Gasteiger partial charge in [0, 0.05) is 19.3 Å². The normalized spacial score (nSPS) is 13.8. The summed E-state index contributed by atoms with van der Waals surface area (Å²) in [4.78, 5) is 5.34. The second kappa shape index (κ2) is 5.71. The molecule has 110 valence electrons. The maximum absolute atomic E-state index is 12.3. The third-order valence-corrected chi connectivity index (χ3v) is 4.27. The number of sulfonamides is 1. The maximum atomic E-state index is 12.3. The minimum absolute atomic E-state index is 0.0130. The standard InChI is InChI=1S/C11H18N6O2S/c1-9(2)10(6-17-13-4-5-14-17)15-20(18,19)11-7-16(3)8-12-11/h4-5,7-10,15H,6H2,1-3H3. The van der Waals surface area contributed by atoms with E-state index in [0.717, 1.165) is 0 Å². The Morgan fingerprint density at radius 3 is 2.45 bits per heavy atom. The summed E-state index contributed by atoms with van der Waals surface area (Å²) in [6.45, 7) is 4.25. The highest BCUT2D eigenvalue weighted by molar-refractivity contribution is 7.89. The van der Waals surface area contributed by atoms with Crippen molar-refractivity contribution < 1.29 is 8.42 Å². The van der Waals surface area contributed by atoms with Crippen molar-refractivity contribution in [1.82, 2.24) is 29.3 Å². The maximum Gasteiger partial charge on any atom is 0.259 e. The Morgan fingerprint density at radius 2 is 1.95 bits per heavy atom. The molecule has 1 unspecified atom stereocenters. The van der Waals surface area contributed by atoms with Gasteiger partial charge in [0.15, 0.2) is 5.03 Å². The van der Waals surface area contributed by atoms with Crippen LogP contribution in [0.2, 0.25) is 0 Å². The zero-order valence-electron chi connectivity index (χ0n) is 11.6. The summed E-state index contributed by atoms with van der Waals surface area (Å²) in [6, 6.07) is -0.311. The molecule has 0 aliphatic heterocycles. The average molecular weight is 298 g/mol. The highest BCUT2D eigenvalue weighted by Gasteiger charge is 2.25. The van der Waals surface area contributed by atoms with Gasteiger partial charge in [-0.05, 0) is 5.92 Å². The van der Waals surface area contributed by atoms with Crippen LogP contribution in [0.1, 0.15) is 13.8 Å². The summed E-state index contributed by atoms with van der Waals surface area (Å²) < 4.78 is 28.8. The summed E-state index contributed by atoms with van der Waals surface area (Å²) in [7, 11) is -1.92. The number of imidazole rings is 1. The Morgan fingerprint density at radius 1 is 1.30 bits per heavy atom. The molecule has 0 aliphatic rings. The molecule has 2 aromatic heterocycles. The van der Waals surface area contributed by atoms with Crippen molar-refractivity contribution in [2.45, 2.75) is 31.5 Å². The molecule has 0 fully saturated rings. The number of aromatic nitrogens is 5. The van der Waals surface area contributed by atoms with Crippen LogP contribution in [0.25, 0.3) is 0 Å². The van der Waals surface area contributed by atoms with Gasteiger partial charge in [-0.1, -0.05) is 13.8 Å². The molecule has 0 saturated heterocycles. The number of rotatable bonds is 6. The highest BCUT2D eigenvalue weighted by atomic mass is 32.2. The molecule has 0 spiro atoms. The summed E-state index contributed by atoms with van der Waals surface area (Å²) >= 11 is 0. The predicted octanol–water partition coefficient (Wildman–Crippen LogP) is 0.0147. The number of hydrogen-bond acceptors (Lipinski definition) is 5. The lowest BCUT2D eigenvalue weighted by Crippen LogP contribution is -2.42. The highest BCUT2D eigenvalue weighted by Crippen LogP contribution is 2.10. The van der Waals surface area contributed by atoms with Crippen molar-refractivity contribution in [2.75, 3.05) is 0 Å². The van der Waals surface area contributed by atoms with Crippen LogP contribution in [0.5, 0.6) is 0 Å². The second-order valence-corrected chi connectivity index (χ2v) is 6.59. The van der Waals surface area contributed by atoms with Crippen molar-refractivity contribution in [1.29, 1.82) is 0 Å². The Hall–Kier alpha value is -1.74. The Bertz CT molecular complexity index is 646. The summed E-state index contributed by atoms with van der Waals surface area (Å²) in [6.07, 6.45) is 6.04. The van der Waals surface area contributed by atoms with Gasteiger partial charge in [0.2, 0.25) is 0 Å². The summed E-state index contributed by atoms with van der Waals surface area (Å²) in [5.74, 6) is 0.0967. The van der Waals surface area contributed by atoms with Gasteiger partial charge in [-0.15, -0.1) is 0 Å². The van der Waals surface area contributed by atoms with E-state index < -0.39 is 10.0 Å². The fourth-order valence-electron chi connectivity index (χ4n) is 1.69. The second-order valence-electron chi connectivity index (χ2n) is 4.93. The molecule has 0 aromatic carbocycles. The van der Waals surface area contributed by atoms with Crippen LogP contribution in [0.3, 0.4) is 0 Å². The molecule has 0 radical (unpaired) electrons. The van der Waals surface area contributed by atoms with Crippen molar-refractivity contribution in [3.8, 4) is 0 Å². The number of aryl methyl sites for hydroxylation is 1. The largest absolute Gasteiger partial charge is 0.339 e. The topological polar surface area (TPSA) is 94.7 Å². The SMILES string of the molecule is CC(C)C(Cn1nccn1)NS(=O)(=O)c1cn(C)cn1. The zero-order valence-corrected chi connectivity index (χ0v) is 12.4. The molecule has 0 bridgehead atoms.